The summed E-state index contributed by atoms with van der Waals surface area (Å²) in [5.41, 5.74) is 0.900. The fraction of sp³-hybridized carbons (Fsp3) is 0.286. The number of carbonyl (C=O) groups is 2. The minimum absolute atomic E-state index is 0.202. The van der Waals surface area contributed by atoms with E-state index in [0.717, 1.165) is 5.56 Å². The quantitative estimate of drug-likeness (QED) is 0.812. The standard InChI is InChI=1S/C14H16N4O3/c1-8-4-5-10-9(6-8)13(20)12(17-18(10)3)14(21)16-7-11(19)15-2/h4-6H,7H2,1-3H3,(H,15,19)(H,16,21). The van der Waals surface area contributed by atoms with Crippen LogP contribution in [0.2, 0.25) is 0 Å². The van der Waals surface area contributed by atoms with Crippen molar-refractivity contribution in [3.63, 3.8) is 0 Å². The molecule has 7 nitrogen and oxygen atoms in total. The van der Waals surface area contributed by atoms with Gasteiger partial charge >= 0.3 is 0 Å². The number of rotatable bonds is 3. The van der Waals surface area contributed by atoms with Gasteiger partial charge in [-0.2, -0.15) is 5.10 Å². The number of carbonyl (C=O) groups excluding carboxylic acids is 2. The van der Waals surface area contributed by atoms with E-state index in [4.69, 9.17) is 0 Å². The summed E-state index contributed by atoms with van der Waals surface area (Å²) in [6.07, 6.45) is 0. The SMILES string of the molecule is CNC(=O)CNC(=O)c1nn(C)c2ccc(C)cc2c1=O. The Morgan fingerprint density at radius 3 is 2.71 bits per heavy atom. The number of benzene rings is 1. The molecule has 1 aromatic heterocycles. The highest BCUT2D eigenvalue weighted by Crippen LogP contribution is 2.11. The van der Waals surface area contributed by atoms with E-state index in [9.17, 15) is 14.4 Å². The zero-order chi connectivity index (χ0) is 15.6. The molecular weight excluding hydrogens is 272 g/mol. The second-order valence-electron chi connectivity index (χ2n) is 4.68. The lowest BCUT2D eigenvalue weighted by Gasteiger charge is -2.08. The maximum Gasteiger partial charge on any atom is 0.276 e. The van der Waals surface area contributed by atoms with Crippen LogP contribution >= 0.6 is 0 Å². The van der Waals surface area contributed by atoms with Crippen LogP contribution < -0.4 is 16.1 Å². The predicted octanol–water partition coefficient (Wildman–Crippen LogP) is -0.282. The molecule has 1 heterocycles. The number of nitrogens with one attached hydrogen (secondary N) is 2. The fourth-order valence-electron chi connectivity index (χ4n) is 1.97. The Bertz CT molecular complexity index is 780. The molecule has 2 aromatic rings. The summed E-state index contributed by atoms with van der Waals surface area (Å²) >= 11 is 0. The molecule has 0 atom stereocenters. The molecular formula is C14H16N4O3. The molecule has 0 saturated heterocycles. The molecule has 21 heavy (non-hydrogen) atoms. The highest BCUT2D eigenvalue weighted by atomic mass is 16.2. The second-order valence-corrected chi connectivity index (χ2v) is 4.68. The van der Waals surface area contributed by atoms with Crippen molar-refractivity contribution in [1.29, 1.82) is 0 Å². The Labute approximate surface area is 121 Å². The van der Waals surface area contributed by atoms with E-state index in [1.165, 1.54) is 11.7 Å². The minimum atomic E-state index is -0.664. The number of hydrogen-bond acceptors (Lipinski definition) is 4. The monoisotopic (exact) mass is 288 g/mol. The van der Waals surface area contributed by atoms with Crippen LogP contribution in [0.25, 0.3) is 10.9 Å². The molecule has 0 saturated carbocycles. The molecule has 0 radical (unpaired) electrons. The van der Waals surface area contributed by atoms with E-state index in [1.807, 2.05) is 13.0 Å². The molecule has 0 aliphatic carbocycles. The van der Waals surface area contributed by atoms with E-state index >= 15 is 0 Å². The second kappa shape index (κ2) is 5.74. The molecule has 0 unspecified atom stereocenters. The maximum absolute atomic E-state index is 12.4. The molecule has 2 rings (SSSR count). The number of amides is 2. The number of fused-ring (bicyclic) bond motifs is 1. The number of aromatic nitrogens is 2. The lowest BCUT2D eigenvalue weighted by Crippen LogP contribution is -2.38. The minimum Gasteiger partial charge on any atom is -0.358 e. The van der Waals surface area contributed by atoms with E-state index < -0.39 is 11.3 Å². The van der Waals surface area contributed by atoms with Crippen LogP contribution in [0.4, 0.5) is 0 Å². The van der Waals surface area contributed by atoms with Crippen molar-refractivity contribution in [1.82, 2.24) is 20.4 Å². The first kappa shape index (κ1) is 14.7. The van der Waals surface area contributed by atoms with Crippen LogP contribution in [0, 0.1) is 6.92 Å². The average Bonchev–Trinajstić information content (AvgIpc) is 2.47. The van der Waals surface area contributed by atoms with E-state index in [-0.39, 0.29) is 18.1 Å². The Hall–Kier alpha value is -2.70. The molecule has 2 N–H and O–H groups in total. The fourth-order valence-corrected chi connectivity index (χ4v) is 1.97. The van der Waals surface area contributed by atoms with Crippen LogP contribution in [0.15, 0.2) is 23.0 Å². The van der Waals surface area contributed by atoms with Crippen molar-refractivity contribution >= 4 is 22.7 Å². The van der Waals surface area contributed by atoms with Gasteiger partial charge in [-0.3, -0.25) is 19.1 Å². The van der Waals surface area contributed by atoms with Crippen molar-refractivity contribution in [3.8, 4) is 0 Å². The van der Waals surface area contributed by atoms with Crippen molar-refractivity contribution < 1.29 is 9.59 Å². The molecule has 110 valence electrons. The molecule has 0 aliphatic rings. The predicted molar refractivity (Wildman–Crippen MR) is 78.1 cm³/mol. The van der Waals surface area contributed by atoms with Crippen LogP contribution in [0.5, 0.6) is 0 Å². The van der Waals surface area contributed by atoms with Crippen LogP contribution in [0.1, 0.15) is 16.1 Å². The lowest BCUT2D eigenvalue weighted by atomic mass is 10.1. The van der Waals surface area contributed by atoms with Crippen molar-refractivity contribution in [2.45, 2.75) is 6.92 Å². The summed E-state index contributed by atoms with van der Waals surface area (Å²) in [6, 6.07) is 5.37. The summed E-state index contributed by atoms with van der Waals surface area (Å²) in [5, 5.41) is 9.17. The first-order chi connectivity index (χ1) is 9.93. The Kier molecular flexibility index (Phi) is 4.02. The number of hydrogen-bond donors (Lipinski definition) is 2. The summed E-state index contributed by atoms with van der Waals surface area (Å²) < 4.78 is 1.48. The Morgan fingerprint density at radius 1 is 1.33 bits per heavy atom. The highest BCUT2D eigenvalue weighted by molar-refractivity contribution is 5.97. The topological polar surface area (TPSA) is 93.1 Å². The summed E-state index contributed by atoms with van der Waals surface area (Å²) in [6.45, 7) is 1.66. The van der Waals surface area contributed by atoms with E-state index in [0.29, 0.717) is 10.9 Å². The largest absolute Gasteiger partial charge is 0.358 e. The first-order valence-electron chi connectivity index (χ1n) is 6.40. The van der Waals surface area contributed by atoms with Crippen molar-refractivity contribution in [2.24, 2.45) is 7.05 Å². The van der Waals surface area contributed by atoms with Crippen LogP contribution in [-0.2, 0) is 11.8 Å². The first-order valence-corrected chi connectivity index (χ1v) is 6.40. The number of aryl methyl sites for hydroxylation is 2. The molecule has 0 aliphatic heterocycles. The molecule has 1 aromatic carbocycles. The van der Waals surface area contributed by atoms with Crippen molar-refractivity contribution in [3.05, 3.63) is 39.7 Å². The van der Waals surface area contributed by atoms with Gasteiger partial charge in [-0.25, -0.2) is 0 Å². The lowest BCUT2D eigenvalue weighted by molar-refractivity contribution is -0.119. The number of nitrogens with zero attached hydrogens (tertiary/aromatic N) is 2. The highest BCUT2D eigenvalue weighted by Gasteiger charge is 2.17. The molecule has 0 fully saturated rings. The molecule has 0 bridgehead atoms. The van der Waals surface area contributed by atoms with Gasteiger partial charge in [0.25, 0.3) is 5.91 Å². The van der Waals surface area contributed by atoms with Gasteiger partial charge in [0, 0.05) is 14.1 Å². The zero-order valence-corrected chi connectivity index (χ0v) is 12.1. The third-order valence-corrected chi connectivity index (χ3v) is 3.11. The van der Waals surface area contributed by atoms with E-state index in [1.54, 1.807) is 19.2 Å². The van der Waals surface area contributed by atoms with Gasteiger partial charge in [0.05, 0.1) is 17.4 Å². The molecule has 2 amide bonds. The Morgan fingerprint density at radius 2 is 2.05 bits per heavy atom. The van der Waals surface area contributed by atoms with E-state index in [2.05, 4.69) is 15.7 Å². The zero-order valence-electron chi connectivity index (χ0n) is 12.1. The van der Waals surface area contributed by atoms with Gasteiger partial charge in [0.15, 0.2) is 5.69 Å². The Balaban J connectivity index is 2.45. The van der Waals surface area contributed by atoms with Crippen LogP contribution in [-0.4, -0.2) is 35.2 Å². The summed E-state index contributed by atoms with van der Waals surface area (Å²) in [4.78, 5) is 35.5. The molecule has 7 heteroatoms. The smallest absolute Gasteiger partial charge is 0.276 e. The number of likely N-dealkylation sites (N-methyl/N-ethyl adjacent to an activating group) is 1. The normalized spacial score (nSPS) is 10.4. The third-order valence-electron chi connectivity index (χ3n) is 3.11. The van der Waals surface area contributed by atoms with Gasteiger partial charge in [-0.05, 0) is 19.1 Å². The van der Waals surface area contributed by atoms with Gasteiger partial charge in [-0.15, -0.1) is 0 Å². The third kappa shape index (κ3) is 2.91. The maximum atomic E-state index is 12.4. The molecule has 0 spiro atoms. The summed E-state index contributed by atoms with van der Waals surface area (Å²) in [7, 11) is 3.12. The van der Waals surface area contributed by atoms with Gasteiger partial charge in [0.2, 0.25) is 11.3 Å². The summed E-state index contributed by atoms with van der Waals surface area (Å²) in [5.74, 6) is -1.01. The van der Waals surface area contributed by atoms with Gasteiger partial charge in [-0.1, -0.05) is 11.6 Å². The van der Waals surface area contributed by atoms with Gasteiger partial charge < -0.3 is 10.6 Å². The van der Waals surface area contributed by atoms with Crippen molar-refractivity contribution in [2.75, 3.05) is 13.6 Å². The van der Waals surface area contributed by atoms with Crippen LogP contribution in [0.3, 0.4) is 0 Å². The van der Waals surface area contributed by atoms with Gasteiger partial charge in [0.1, 0.15) is 0 Å². The average molecular weight is 288 g/mol.